The van der Waals surface area contributed by atoms with E-state index < -0.39 is 0 Å². The average Bonchev–Trinajstić information content (AvgIpc) is 2.45. The van der Waals surface area contributed by atoms with Crippen LogP contribution >= 0.6 is 0 Å². The van der Waals surface area contributed by atoms with Crippen molar-refractivity contribution in [2.24, 2.45) is 13.0 Å². The van der Waals surface area contributed by atoms with Gasteiger partial charge in [0.15, 0.2) is 0 Å². The summed E-state index contributed by atoms with van der Waals surface area (Å²) < 4.78 is 1.91. The molecule has 14 heavy (non-hydrogen) atoms. The molecule has 0 saturated carbocycles. The highest BCUT2D eigenvalue weighted by atomic mass is 15.3. The van der Waals surface area contributed by atoms with Crippen LogP contribution in [0.1, 0.15) is 37.1 Å². The third-order valence-corrected chi connectivity index (χ3v) is 3.09. The van der Waals surface area contributed by atoms with Crippen LogP contribution in [-0.4, -0.2) is 16.3 Å². The molecule has 0 bridgehead atoms. The van der Waals surface area contributed by atoms with Crippen molar-refractivity contribution < 1.29 is 0 Å². The Hall–Kier alpha value is -0.830. The fourth-order valence-electron chi connectivity index (χ4n) is 2.30. The Bertz CT molecular complexity index is 316. The zero-order valence-electron chi connectivity index (χ0n) is 9.25. The number of hydrogen-bond donors (Lipinski definition) is 1. The van der Waals surface area contributed by atoms with E-state index in [0.717, 1.165) is 12.5 Å². The first kappa shape index (κ1) is 9.71. The van der Waals surface area contributed by atoms with E-state index in [-0.39, 0.29) is 0 Å². The van der Waals surface area contributed by atoms with Crippen molar-refractivity contribution >= 4 is 0 Å². The molecule has 78 valence electrons. The van der Waals surface area contributed by atoms with E-state index in [9.17, 15) is 0 Å². The van der Waals surface area contributed by atoms with Gasteiger partial charge in [0, 0.05) is 24.8 Å². The number of rotatable bonds is 1. The second-order valence-corrected chi connectivity index (χ2v) is 4.48. The quantitative estimate of drug-likeness (QED) is 0.737. The largest absolute Gasteiger partial charge is 0.310 e. The van der Waals surface area contributed by atoms with Gasteiger partial charge in [0.25, 0.3) is 0 Å². The van der Waals surface area contributed by atoms with Crippen LogP contribution in [0, 0.1) is 12.8 Å². The van der Waals surface area contributed by atoms with Crippen LogP contribution in [0.15, 0.2) is 6.20 Å². The number of aromatic nitrogens is 2. The Labute approximate surface area is 85.5 Å². The topological polar surface area (TPSA) is 29.9 Å². The van der Waals surface area contributed by atoms with Gasteiger partial charge in [-0.3, -0.25) is 4.68 Å². The van der Waals surface area contributed by atoms with E-state index in [4.69, 9.17) is 0 Å². The molecule has 3 nitrogen and oxygen atoms in total. The van der Waals surface area contributed by atoms with Crippen molar-refractivity contribution in [2.75, 3.05) is 6.54 Å². The van der Waals surface area contributed by atoms with Crippen LogP contribution in [-0.2, 0) is 7.05 Å². The third-order valence-electron chi connectivity index (χ3n) is 3.09. The molecule has 2 unspecified atom stereocenters. The summed E-state index contributed by atoms with van der Waals surface area (Å²) in [5.41, 5.74) is 2.54. The maximum atomic E-state index is 4.39. The van der Waals surface area contributed by atoms with Crippen molar-refractivity contribution in [3.05, 3.63) is 17.5 Å². The monoisotopic (exact) mass is 193 g/mol. The molecule has 0 amide bonds. The van der Waals surface area contributed by atoms with E-state index in [0.29, 0.717) is 6.04 Å². The molecule has 1 fully saturated rings. The molecule has 1 N–H and O–H groups in total. The van der Waals surface area contributed by atoms with Crippen molar-refractivity contribution in [1.29, 1.82) is 0 Å². The maximum Gasteiger partial charge on any atom is 0.0641 e. The second kappa shape index (κ2) is 3.73. The van der Waals surface area contributed by atoms with Crippen LogP contribution in [0.4, 0.5) is 0 Å². The summed E-state index contributed by atoms with van der Waals surface area (Å²) in [5.74, 6) is 0.834. The smallest absolute Gasteiger partial charge is 0.0641 e. The highest BCUT2D eigenvalue weighted by molar-refractivity contribution is 5.20. The van der Waals surface area contributed by atoms with Gasteiger partial charge in [-0.05, 0) is 32.2 Å². The highest BCUT2D eigenvalue weighted by Gasteiger charge is 2.22. The molecule has 1 aromatic heterocycles. The lowest BCUT2D eigenvalue weighted by Crippen LogP contribution is -2.30. The summed E-state index contributed by atoms with van der Waals surface area (Å²) in [5, 5.41) is 7.95. The lowest BCUT2D eigenvalue weighted by Gasteiger charge is -2.27. The van der Waals surface area contributed by atoms with Crippen molar-refractivity contribution in [3.8, 4) is 0 Å². The van der Waals surface area contributed by atoms with E-state index in [1.807, 2.05) is 11.7 Å². The van der Waals surface area contributed by atoms with Crippen molar-refractivity contribution in [1.82, 2.24) is 15.1 Å². The maximum absolute atomic E-state index is 4.39. The molecule has 1 aliphatic heterocycles. The van der Waals surface area contributed by atoms with Gasteiger partial charge >= 0.3 is 0 Å². The van der Waals surface area contributed by atoms with E-state index in [1.165, 1.54) is 24.1 Å². The Morgan fingerprint density at radius 1 is 1.57 bits per heavy atom. The molecule has 0 spiro atoms. The number of piperidine rings is 1. The Kier molecular flexibility index (Phi) is 2.59. The first-order chi connectivity index (χ1) is 6.66. The number of nitrogens with one attached hydrogen (secondary N) is 1. The lowest BCUT2D eigenvalue weighted by molar-refractivity contribution is 0.324. The summed E-state index contributed by atoms with van der Waals surface area (Å²) in [4.78, 5) is 0. The minimum absolute atomic E-state index is 0.521. The van der Waals surface area contributed by atoms with Gasteiger partial charge in [0.05, 0.1) is 5.69 Å². The van der Waals surface area contributed by atoms with Gasteiger partial charge < -0.3 is 5.32 Å². The standard InChI is InChI=1S/C11H19N3/c1-8-4-5-12-11(6-8)10-7-14(3)13-9(10)2/h7-8,11-12H,4-6H2,1-3H3. The van der Waals surface area contributed by atoms with Gasteiger partial charge in [0.2, 0.25) is 0 Å². The molecular weight excluding hydrogens is 174 g/mol. The summed E-state index contributed by atoms with van der Waals surface area (Å²) in [6.45, 7) is 5.57. The van der Waals surface area contributed by atoms with Gasteiger partial charge in [-0.1, -0.05) is 6.92 Å². The fourth-order valence-corrected chi connectivity index (χ4v) is 2.30. The minimum atomic E-state index is 0.521. The Balaban J connectivity index is 2.17. The predicted molar refractivity (Wildman–Crippen MR) is 57.1 cm³/mol. The van der Waals surface area contributed by atoms with Gasteiger partial charge in [-0.25, -0.2) is 0 Å². The average molecular weight is 193 g/mol. The summed E-state index contributed by atoms with van der Waals surface area (Å²) in [7, 11) is 1.99. The molecule has 0 aliphatic carbocycles. The molecule has 1 aromatic rings. The number of nitrogens with zero attached hydrogens (tertiary/aromatic N) is 2. The summed E-state index contributed by atoms with van der Waals surface area (Å²) in [6.07, 6.45) is 4.69. The Morgan fingerprint density at radius 3 is 2.93 bits per heavy atom. The van der Waals surface area contributed by atoms with Crippen LogP contribution in [0.2, 0.25) is 0 Å². The molecule has 1 saturated heterocycles. The fraction of sp³-hybridized carbons (Fsp3) is 0.727. The molecule has 0 radical (unpaired) electrons. The van der Waals surface area contributed by atoms with E-state index >= 15 is 0 Å². The minimum Gasteiger partial charge on any atom is -0.310 e. The second-order valence-electron chi connectivity index (χ2n) is 4.48. The van der Waals surface area contributed by atoms with Crippen LogP contribution in [0.3, 0.4) is 0 Å². The van der Waals surface area contributed by atoms with Crippen molar-refractivity contribution in [2.45, 2.75) is 32.7 Å². The SMILES string of the molecule is Cc1nn(C)cc1C1CC(C)CCN1. The number of hydrogen-bond acceptors (Lipinski definition) is 2. The molecule has 1 aliphatic rings. The van der Waals surface area contributed by atoms with Gasteiger partial charge in [-0.2, -0.15) is 5.10 Å². The molecule has 2 heterocycles. The Morgan fingerprint density at radius 2 is 2.36 bits per heavy atom. The molecule has 0 aromatic carbocycles. The zero-order chi connectivity index (χ0) is 10.1. The van der Waals surface area contributed by atoms with Gasteiger partial charge in [-0.15, -0.1) is 0 Å². The normalized spacial score (nSPS) is 27.9. The van der Waals surface area contributed by atoms with Gasteiger partial charge in [0.1, 0.15) is 0 Å². The van der Waals surface area contributed by atoms with Crippen molar-refractivity contribution in [3.63, 3.8) is 0 Å². The molecule has 2 atom stereocenters. The van der Waals surface area contributed by atoms with Crippen LogP contribution < -0.4 is 5.32 Å². The summed E-state index contributed by atoms with van der Waals surface area (Å²) in [6, 6.07) is 0.521. The van der Waals surface area contributed by atoms with Crippen LogP contribution in [0.25, 0.3) is 0 Å². The molecular formula is C11H19N3. The van der Waals surface area contributed by atoms with E-state index in [2.05, 4.69) is 30.5 Å². The first-order valence-electron chi connectivity index (χ1n) is 5.40. The lowest BCUT2D eigenvalue weighted by atomic mass is 9.90. The summed E-state index contributed by atoms with van der Waals surface area (Å²) >= 11 is 0. The third kappa shape index (κ3) is 1.82. The highest BCUT2D eigenvalue weighted by Crippen LogP contribution is 2.28. The molecule has 2 rings (SSSR count). The molecule has 3 heteroatoms. The zero-order valence-corrected chi connectivity index (χ0v) is 9.25. The number of aryl methyl sites for hydroxylation is 2. The van der Waals surface area contributed by atoms with E-state index in [1.54, 1.807) is 0 Å². The predicted octanol–water partition coefficient (Wildman–Crippen LogP) is 1.79. The van der Waals surface area contributed by atoms with Crippen LogP contribution in [0.5, 0.6) is 0 Å². The first-order valence-corrected chi connectivity index (χ1v) is 5.40.